The fraction of sp³-hybridized carbons (Fsp3) is 0.270. The summed E-state index contributed by atoms with van der Waals surface area (Å²) in [6, 6.07) is 30.2. The van der Waals surface area contributed by atoms with E-state index in [0.29, 0.717) is 30.3 Å². The number of phenolic OH excluding ortho intramolecular Hbond substituents is 1. The van der Waals surface area contributed by atoms with Gasteiger partial charge in [-0.05, 0) is 68.9 Å². The van der Waals surface area contributed by atoms with Gasteiger partial charge in [0.15, 0.2) is 6.29 Å². The standard InChI is InChI=1S/C37H37N5O7S/c43-22-24-8-10-26(11-9-24)33-20-31(23-50-37-39-40-41-42(37)29-16-18-30(44)19-17-29)48-36(49-33)27-14-12-25(13-15-27)32-5-2-1-4-28(32)21-38-34(45)6-3-7-35(46)47/h1-2,4-5,8-19,31,33,36,43-44H,3,6-7,20-23H2,(H,38,45)(H,46,47)/t31-,33+,36+/m1/s1. The molecule has 1 fully saturated rings. The fourth-order valence-corrected chi connectivity index (χ4v) is 6.58. The zero-order valence-corrected chi connectivity index (χ0v) is 27.9. The number of benzene rings is 4. The molecule has 258 valence electrons. The Labute approximate surface area is 293 Å². The minimum absolute atomic E-state index is 0.0392. The molecule has 0 aliphatic carbocycles. The van der Waals surface area contributed by atoms with E-state index < -0.39 is 12.3 Å². The molecule has 13 heteroatoms. The molecule has 0 unspecified atom stereocenters. The van der Waals surface area contributed by atoms with E-state index in [1.54, 1.807) is 28.9 Å². The lowest BCUT2D eigenvalue weighted by Gasteiger charge is -2.36. The van der Waals surface area contributed by atoms with E-state index in [0.717, 1.165) is 39.1 Å². The predicted molar refractivity (Wildman–Crippen MR) is 185 cm³/mol. The van der Waals surface area contributed by atoms with Gasteiger partial charge in [-0.2, -0.15) is 4.68 Å². The predicted octanol–water partition coefficient (Wildman–Crippen LogP) is 5.74. The molecule has 0 spiro atoms. The van der Waals surface area contributed by atoms with Crippen molar-refractivity contribution >= 4 is 23.6 Å². The van der Waals surface area contributed by atoms with Crippen molar-refractivity contribution in [2.45, 2.75) is 62.5 Å². The van der Waals surface area contributed by atoms with Gasteiger partial charge in [0.25, 0.3) is 0 Å². The van der Waals surface area contributed by atoms with E-state index in [4.69, 9.17) is 14.6 Å². The van der Waals surface area contributed by atoms with Crippen molar-refractivity contribution in [3.8, 4) is 22.6 Å². The Kier molecular flexibility index (Phi) is 11.5. The summed E-state index contributed by atoms with van der Waals surface area (Å²) in [6.07, 6.45) is -0.127. The molecule has 1 aromatic heterocycles. The molecule has 0 radical (unpaired) electrons. The Bertz CT molecular complexity index is 1880. The van der Waals surface area contributed by atoms with Gasteiger partial charge in [-0.15, -0.1) is 5.10 Å². The van der Waals surface area contributed by atoms with Crippen LogP contribution in [-0.2, 0) is 32.2 Å². The number of carboxylic acid groups (broad SMARTS) is 1. The lowest BCUT2D eigenvalue weighted by molar-refractivity contribution is -0.245. The molecule has 6 rings (SSSR count). The van der Waals surface area contributed by atoms with Crippen LogP contribution in [0.5, 0.6) is 5.75 Å². The van der Waals surface area contributed by atoms with Crippen molar-refractivity contribution in [1.82, 2.24) is 25.5 Å². The summed E-state index contributed by atoms with van der Waals surface area (Å²) in [5.41, 5.74) is 6.24. The number of hydrogen-bond donors (Lipinski definition) is 4. The highest BCUT2D eigenvalue weighted by atomic mass is 32.2. The number of nitrogens with one attached hydrogen (secondary N) is 1. The molecule has 1 amide bonds. The SMILES string of the molecule is O=C(O)CCCC(=O)NCc1ccccc1-c1ccc([C@H]2O[C@@H](CSc3nnnn3-c3ccc(O)cc3)C[C@@H](c3ccc(CO)cc3)O2)cc1. The molecule has 4 aromatic carbocycles. The summed E-state index contributed by atoms with van der Waals surface area (Å²) in [4.78, 5) is 23.1. The number of aromatic nitrogens is 4. The number of tetrazole rings is 1. The van der Waals surface area contributed by atoms with Crippen LogP contribution >= 0.6 is 11.8 Å². The Morgan fingerprint density at radius 3 is 2.38 bits per heavy atom. The van der Waals surface area contributed by atoms with Gasteiger partial charge in [0, 0.05) is 37.1 Å². The van der Waals surface area contributed by atoms with Crippen LogP contribution < -0.4 is 5.32 Å². The van der Waals surface area contributed by atoms with Crippen LogP contribution in [0.15, 0.2) is 102 Å². The molecule has 1 aliphatic heterocycles. The molecule has 0 bridgehead atoms. The van der Waals surface area contributed by atoms with Crippen LogP contribution in [0.3, 0.4) is 0 Å². The van der Waals surface area contributed by atoms with Crippen LogP contribution in [0, 0.1) is 0 Å². The van der Waals surface area contributed by atoms with Crippen LogP contribution in [0.25, 0.3) is 16.8 Å². The summed E-state index contributed by atoms with van der Waals surface area (Å²) >= 11 is 1.47. The number of aromatic hydroxyl groups is 1. The second-order valence-corrected chi connectivity index (χ2v) is 12.8. The number of phenols is 1. The van der Waals surface area contributed by atoms with Crippen molar-refractivity contribution < 1.29 is 34.4 Å². The molecule has 0 saturated carbocycles. The van der Waals surface area contributed by atoms with Gasteiger partial charge < -0.3 is 30.1 Å². The van der Waals surface area contributed by atoms with E-state index >= 15 is 0 Å². The maximum atomic E-state index is 12.3. The van der Waals surface area contributed by atoms with Crippen LogP contribution in [-0.4, -0.2) is 59.3 Å². The Balaban J connectivity index is 1.17. The lowest BCUT2D eigenvalue weighted by atomic mass is 9.97. The second kappa shape index (κ2) is 16.5. The number of thioether (sulfide) groups is 1. The van der Waals surface area contributed by atoms with E-state index in [1.807, 2.05) is 72.8 Å². The molecule has 5 aromatic rings. The molecule has 50 heavy (non-hydrogen) atoms. The first-order chi connectivity index (χ1) is 24.4. The van der Waals surface area contributed by atoms with Gasteiger partial charge in [-0.25, -0.2) is 0 Å². The highest BCUT2D eigenvalue weighted by Gasteiger charge is 2.33. The quantitative estimate of drug-likeness (QED) is 0.105. The van der Waals surface area contributed by atoms with E-state index in [2.05, 4.69) is 20.8 Å². The number of hydrogen-bond acceptors (Lipinski definition) is 10. The van der Waals surface area contributed by atoms with E-state index in [1.165, 1.54) is 11.8 Å². The van der Waals surface area contributed by atoms with Gasteiger partial charge in [-0.1, -0.05) is 84.6 Å². The Morgan fingerprint density at radius 1 is 0.900 bits per heavy atom. The number of rotatable bonds is 14. The summed E-state index contributed by atoms with van der Waals surface area (Å²) in [7, 11) is 0. The number of carbonyl (C=O) groups excluding carboxylic acids is 1. The summed E-state index contributed by atoms with van der Waals surface area (Å²) in [6.45, 7) is 0.284. The highest BCUT2D eigenvalue weighted by Crippen LogP contribution is 2.40. The summed E-state index contributed by atoms with van der Waals surface area (Å²) in [5.74, 6) is -0.393. The molecule has 1 aliphatic rings. The van der Waals surface area contributed by atoms with Crippen molar-refractivity contribution in [2.24, 2.45) is 0 Å². The number of ether oxygens (including phenoxy) is 2. The number of aliphatic hydroxyl groups excluding tert-OH is 1. The van der Waals surface area contributed by atoms with Crippen LogP contribution in [0.4, 0.5) is 0 Å². The third kappa shape index (κ3) is 8.93. The first-order valence-electron chi connectivity index (χ1n) is 16.2. The fourth-order valence-electron chi connectivity index (χ4n) is 5.67. The third-order valence-corrected chi connectivity index (χ3v) is 9.38. The minimum Gasteiger partial charge on any atom is -0.508 e. The van der Waals surface area contributed by atoms with E-state index in [-0.39, 0.29) is 43.3 Å². The molecule has 2 heterocycles. The first-order valence-corrected chi connectivity index (χ1v) is 17.2. The largest absolute Gasteiger partial charge is 0.508 e. The number of carbonyl (C=O) groups is 2. The molecule has 1 saturated heterocycles. The Hall–Kier alpha value is -5.08. The maximum Gasteiger partial charge on any atom is 0.303 e. The van der Waals surface area contributed by atoms with Gasteiger partial charge >= 0.3 is 5.97 Å². The third-order valence-electron chi connectivity index (χ3n) is 8.33. The molecule has 12 nitrogen and oxygen atoms in total. The Morgan fingerprint density at radius 2 is 1.64 bits per heavy atom. The molecular weight excluding hydrogens is 659 g/mol. The summed E-state index contributed by atoms with van der Waals surface area (Å²) in [5, 5.41) is 43.8. The maximum absolute atomic E-state index is 12.3. The summed E-state index contributed by atoms with van der Waals surface area (Å²) < 4.78 is 14.7. The van der Waals surface area contributed by atoms with Gasteiger partial charge in [0.05, 0.1) is 24.5 Å². The smallest absolute Gasteiger partial charge is 0.303 e. The number of aliphatic carboxylic acids is 1. The topological polar surface area (TPSA) is 169 Å². The average Bonchev–Trinajstić information content (AvgIpc) is 3.62. The van der Waals surface area contributed by atoms with Gasteiger partial charge in [-0.3, -0.25) is 9.59 Å². The van der Waals surface area contributed by atoms with Crippen molar-refractivity contribution in [2.75, 3.05) is 5.75 Å². The number of carboxylic acids is 1. The highest BCUT2D eigenvalue weighted by molar-refractivity contribution is 7.99. The lowest BCUT2D eigenvalue weighted by Crippen LogP contribution is -2.31. The first kappa shape index (κ1) is 34.8. The van der Waals surface area contributed by atoms with Crippen molar-refractivity contribution in [3.63, 3.8) is 0 Å². The number of nitrogens with zero attached hydrogens (tertiary/aromatic N) is 4. The monoisotopic (exact) mass is 695 g/mol. The zero-order chi connectivity index (χ0) is 34.9. The average molecular weight is 696 g/mol. The van der Waals surface area contributed by atoms with E-state index in [9.17, 15) is 19.8 Å². The van der Waals surface area contributed by atoms with Crippen LogP contribution in [0.1, 0.15) is 60.3 Å². The molecule has 3 atom stereocenters. The second-order valence-electron chi connectivity index (χ2n) is 11.9. The van der Waals surface area contributed by atoms with Crippen molar-refractivity contribution in [3.05, 3.63) is 119 Å². The molecular formula is C37H37N5O7S. The van der Waals surface area contributed by atoms with Gasteiger partial charge in [0.2, 0.25) is 11.1 Å². The van der Waals surface area contributed by atoms with Gasteiger partial charge in [0.1, 0.15) is 5.75 Å². The molecule has 4 N–H and O–H groups in total. The zero-order valence-electron chi connectivity index (χ0n) is 27.1. The number of amides is 1. The number of aliphatic hydroxyl groups is 1. The van der Waals surface area contributed by atoms with Crippen LogP contribution in [0.2, 0.25) is 0 Å². The minimum atomic E-state index is -0.915. The van der Waals surface area contributed by atoms with Crippen molar-refractivity contribution in [1.29, 1.82) is 0 Å². The normalized spacial score (nSPS) is 17.3.